The number of benzene rings is 2. The number of amides is 1. The van der Waals surface area contributed by atoms with E-state index in [1.54, 1.807) is 24.3 Å². The van der Waals surface area contributed by atoms with Crippen LogP contribution >= 0.6 is 0 Å². The van der Waals surface area contributed by atoms with Crippen molar-refractivity contribution in [2.45, 2.75) is 19.4 Å². The van der Waals surface area contributed by atoms with Gasteiger partial charge in [0.2, 0.25) is 11.7 Å². The van der Waals surface area contributed by atoms with Crippen LogP contribution in [0.4, 0.5) is 11.4 Å². The fourth-order valence-electron chi connectivity index (χ4n) is 3.18. The molecule has 0 bridgehead atoms. The summed E-state index contributed by atoms with van der Waals surface area (Å²) in [5.74, 6) is -1.41. The van der Waals surface area contributed by atoms with Gasteiger partial charge in [-0.3, -0.25) is 24.5 Å². The lowest BCUT2D eigenvalue weighted by Gasteiger charge is -2.17. The molecule has 0 N–H and O–H groups in total. The first kappa shape index (κ1) is 21.0. The van der Waals surface area contributed by atoms with Gasteiger partial charge in [0.15, 0.2) is 6.10 Å². The summed E-state index contributed by atoms with van der Waals surface area (Å²) in [4.78, 5) is 48.9. The second kappa shape index (κ2) is 8.73. The van der Waals surface area contributed by atoms with Gasteiger partial charge >= 0.3 is 5.97 Å². The van der Waals surface area contributed by atoms with Crippen LogP contribution < -0.4 is 9.64 Å². The number of nitro benzene ring substituents is 1. The van der Waals surface area contributed by atoms with Gasteiger partial charge in [-0.25, -0.2) is 0 Å². The average molecular weight is 412 g/mol. The van der Waals surface area contributed by atoms with Gasteiger partial charge in [0, 0.05) is 36.3 Å². The zero-order chi connectivity index (χ0) is 21.8. The first-order valence-electron chi connectivity index (χ1n) is 9.23. The van der Waals surface area contributed by atoms with Crippen LogP contribution in [0.3, 0.4) is 0 Å². The summed E-state index contributed by atoms with van der Waals surface area (Å²) in [5, 5.41) is 10.8. The molecule has 1 aliphatic heterocycles. The molecular formula is C21H20N2O7. The molecule has 0 aromatic heterocycles. The maximum Gasteiger partial charge on any atom is 0.312 e. The number of hydrogen-bond acceptors (Lipinski definition) is 7. The molecule has 0 spiro atoms. The molecule has 1 amide bonds. The molecule has 9 nitrogen and oxygen atoms in total. The topological polar surface area (TPSA) is 116 Å². The van der Waals surface area contributed by atoms with Crippen molar-refractivity contribution >= 4 is 29.0 Å². The van der Waals surface area contributed by atoms with Crippen molar-refractivity contribution in [1.82, 2.24) is 0 Å². The van der Waals surface area contributed by atoms with Crippen LogP contribution in [0, 0.1) is 16.0 Å². The van der Waals surface area contributed by atoms with E-state index < -0.39 is 22.9 Å². The van der Waals surface area contributed by atoms with Crippen molar-refractivity contribution in [3.63, 3.8) is 0 Å². The summed E-state index contributed by atoms with van der Waals surface area (Å²) in [6, 6.07) is 12.0. The van der Waals surface area contributed by atoms with Crippen LogP contribution in [0.25, 0.3) is 0 Å². The highest BCUT2D eigenvalue weighted by molar-refractivity contribution is 6.02. The van der Waals surface area contributed by atoms with E-state index in [9.17, 15) is 24.5 Å². The number of nitrogens with zero attached hydrogens (tertiary/aromatic N) is 2. The zero-order valence-corrected chi connectivity index (χ0v) is 16.4. The molecule has 0 saturated carbocycles. The molecule has 1 heterocycles. The monoisotopic (exact) mass is 412 g/mol. The summed E-state index contributed by atoms with van der Waals surface area (Å²) in [5.41, 5.74) is 0.751. The number of esters is 1. The molecule has 9 heteroatoms. The van der Waals surface area contributed by atoms with Crippen molar-refractivity contribution in [3.8, 4) is 5.75 Å². The number of ketones is 1. The Morgan fingerprint density at radius 2 is 1.77 bits per heavy atom. The lowest BCUT2D eigenvalue weighted by molar-refractivity contribution is -0.384. The number of non-ortho nitro benzene ring substituents is 1. The van der Waals surface area contributed by atoms with Crippen molar-refractivity contribution < 1.29 is 28.8 Å². The molecule has 0 unspecified atom stereocenters. The van der Waals surface area contributed by atoms with Crippen LogP contribution in [0.15, 0.2) is 48.5 Å². The Hall–Kier alpha value is -3.75. The first-order valence-corrected chi connectivity index (χ1v) is 9.23. The van der Waals surface area contributed by atoms with E-state index in [0.717, 1.165) is 0 Å². The zero-order valence-electron chi connectivity index (χ0n) is 16.4. The Morgan fingerprint density at radius 1 is 1.13 bits per heavy atom. The van der Waals surface area contributed by atoms with E-state index in [4.69, 9.17) is 9.47 Å². The summed E-state index contributed by atoms with van der Waals surface area (Å²) >= 11 is 0. The van der Waals surface area contributed by atoms with Gasteiger partial charge in [-0.2, -0.15) is 0 Å². The molecule has 30 heavy (non-hydrogen) atoms. The molecule has 2 atom stereocenters. The van der Waals surface area contributed by atoms with Crippen molar-refractivity contribution in [2.24, 2.45) is 5.92 Å². The van der Waals surface area contributed by atoms with Crippen LogP contribution in [0.1, 0.15) is 23.7 Å². The molecule has 2 aromatic rings. The van der Waals surface area contributed by atoms with Crippen LogP contribution in [-0.4, -0.2) is 42.3 Å². The number of nitro groups is 1. The van der Waals surface area contributed by atoms with Gasteiger partial charge in [-0.05, 0) is 43.3 Å². The maximum absolute atomic E-state index is 12.5. The second-order valence-electron chi connectivity index (χ2n) is 6.85. The minimum Gasteiger partial charge on any atom is -0.497 e. The van der Waals surface area contributed by atoms with Crippen LogP contribution in [0.5, 0.6) is 5.75 Å². The Bertz CT molecular complexity index is 970. The van der Waals surface area contributed by atoms with E-state index >= 15 is 0 Å². The standard InChI is InChI=1S/C21H20N2O7/c1-13(20(25)14-3-9-18(29-2)10-4-14)30-21(26)15-11-19(24)22(12-15)16-5-7-17(8-6-16)23(27)28/h3-10,13,15H,11-12H2,1-2H3/t13-,15-/m0/s1. The van der Waals surface area contributed by atoms with Crippen molar-refractivity contribution in [2.75, 3.05) is 18.6 Å². The summed E-state index contributed by atoms with van der Waals surface area (Å²) in [6.45, 7) is 1.56. The van der Waals surface area contributed by atoms with E-state index in [0.29, 0.717) is 17.0 Å². The molecule has 0 aliphatic carbocycles. The quantitative estimate of drug-likeness (QED) is 0.297. The van der Waals surface area contributed by atoms with Gasteiger partial charge < -0.3 is 14.4 Å². The van der Waals surface area contributed by atoms with E-state index in [-0.39, 0.29) is 30.3 Å². The lowest BCUT2D eigenvalue weighted by atomic mass is 10.1. The number of hydrogen-bond donors (Lipinski definition) is 0. The fourth-order valence-corrected chi connectivity index (χ4v) is 3.18. The molecule has 3 rings (SSSR count). The van der Waals surface area contributed by atoms with Gasteiger partial charge in [-0.1, -0.05) is 0 Å². The summed E-state index contributed by atoms with van der Waals surface area (Å²) < 4.78 is 10.4. The smallest absolute Gasteiger partial charge is 0.312 e. The van der Waals surface area contributed by atoms with Crippen molar-refractivity contribution in [1.29, 1.82) is 0 Å². The number of ether oxygens (including phenoxy) is 2. The van der Waals surface area contributed by atoms with Gasteiger partial charge in [0.25, 0.3) is 5.69 Å². The highest BCUT2D eigenvalue weighted by Gasteiger charge is 2.37. The third kappa shape index (κ3) is 4.45. The largest absolute Gasteiger partial charge is 0.497 e. The normalized spacial score (nSPS) is 16.8. The molecule has 1 fully saturated rings. The highest BCUT2D eigenvalue weighted by atomic mass is 16.6. The number of Topliss-reactive ketones (excluding diaryl/α,β-unsaturated/α-hetero) is 1. The molecule has 0 radical (unpaired) electrons. The number of methoxy groups -OCH3 is 1. The van der Waals surface area contributed by atoms with Gasteiger partial charge in [0.1, 0.15) is 5.75 Å². The van der Waals surface area contributed by atoms with Crippen molar-refractivity contribution in [3.05, 3.63) is 64.2 Å². The Labute approximate surface area is 172 Å². The predicted molar refractivity (Wildman–Crippen MR) is 106 cm³/mol. The molecule has 156 valence electrons. The summed E-state index contributed by atoms with van der Waals surface area (Å²) in [7, 11) is 1.52. The molecule has 1 aliphatic rings. The average Bonchev–Trinajstić information content (AvgIpc) is 3.15. The third-order valence-electron chi connectivity index (χ3n) is 4.87. The second-order valence-corrected chi connectivity index (χ2v) is 6.85. The lowest BCUT2D eigenvalue weighted by Crippen LogP contribution is -2.30. The maximum atomic E-state index is 12.5. The Morgan fingerprint density at radius 3 is 2.33 bits per heavy atom. The van der Waals surface area contributed by atoms with E-state index in [1.807, 2.05) is 0 Å². The fraction of sp³-hybridized carbons (Fsp3) is 0.286. The highest BCUT2D eigenvalue weighted by Crippen LogP contribution is 2.28. The van der Waals surface area contributed by atoms with Gasteiger partial charge in [-0.15, -0.1) is 0 Å². The molecular weight excluding hydrogens is 392 g/mol. The van der Waals surface area contributed by atoms with E-state index in [1.165, 1.54) is 43.2 Å². The van der Waals surface area contributed by atoms with Crippen LogP contribution in [-0.2, 0) is 14.3 Å². The number of rotatable bonds is 7. The molecule has 2 aromatic carbocycles. The number of carbonyl (C=O) groups is 3. The minimum absolute atomic E-state index is 0.0563. The van der Waals surface area contributed by atoms with Crippen LogP contribution in [0.2, 0.25) is 0 Å². The minimum atomic E-state index is -1.01. The van der Waals surface area contributed by atoms with Gasteiger partial charge in [0.05, 0.1) is 18.0 Å². The number of anilines is 1. The SMILES string of the molecule is COc1ccc(C(=O)[C@H](C)OC(=O)[C@H]2CC(=O)N(c3ccc([N+](=O)[O-])cc3)C2)cc1. The first-order chi connectivity index (χ1) is 14.3. The summed E-state index contributed by atoms with van der Waals surface area (Å²) in [6.07, 6.45) is -1.06. The third-order valence-corrected chi connectivity index (χ3v) is 4.87. The Balaban J connectivity index is 1.62. The molecule has 1 saturated heterocycles. The van der Waals surface area contributed by atoms with E-state index in [2.05, 4.69) is 0 Å². The predicted octanol–water partition coefficient (Wildman–Crippen LogP) is 2.77. The Kier molecular flexibility index (Phi) is 6.10. The number of carbonyl (C=O) groups excluding carboxylic acids is 3.